The molecule has 0 unspecified atom stereocenters. The molecule has 0 aliphatic carbocycles. The molecule has 0 bridgehead atoms. The van der Waals surface area contributed by atoms with Crippen LogP contribution in [0, 0.1) is 19.3 Å². The number of carbonyl (C=O) groups excluding carboxylic acids is 2. The molecule has 0 aromatic heterocycles. The highest BCUT2D eigenvalue weighted by atomic mass is 16.5. The first-order valence-electron chi connectivity index (χ1n) is 9.52. The Balaban J connectivity index is 1.81. The quantitative estimate of drug-likeness (QED) is 0.370. The molecule has 29 heavy (non-hydrogen) atoms. The monoisotopic (exact) mass is 400 g/mol. The summed E-state index contributed by atoms with van der Waals surface area (Å²) < 4.78 is 11.0. The van der Waals surface area contributed by atoms with E-state index in [9.17, 15) is 19.8 Å². The van der Waals surface area contributed by atoms with Crippen molar-refractivity contribution >= 4 is 11.8 Å². The molecule has 0 aliphatic rings. The van der Waals surface area contributed by atoms with E-state index in [1.807, 2.05) is 32.0 Å². The van der Waals surface area contributed by atoms with Gasteiger partial charge >= 0.3 is 5.97 Å². The third-order valence-corrected chi connectivity index (χ3v) is 4.66. The number of ketones is 1. The summed E-state index contributed by atoms with van der Waals surface area (Å²) in [6.45, 7) is 7.53. The summed E-state index contributed by atoms with van der Waals surface area (Å²) in [5, 5.41) is 18.9. The number of ether oxygens (including phenoxy) is 2. The minimum atomic E-state index is -0.772. The van der Waals surface area contributed by atoms with Crippen LogP contribution in [0.4, 0.5) is 0 Å². The van der Waals surface area contributed by atoms with E-state index in [2.05, 4.69) is 0 Å². The van der Waals surface area contributed by atoms with Gasteiger partial charge in [0.2, 0.25) is 5.78 Å². The predicted octanol–water partition coefficient (Wildman–Crippen LogP) is 4.33. The zero-order valence-corrected chi connectivity index (χ0v) is 17.3. The minimum absolute atomic E-state index is 0.0787. The SMILES string of the molecule is Cc1ccc(C)c(OCCCC(C)(C)C(=O)OCC(=O)c2cc(O)cc(O)c2)c1. The molecule has 0 atom stereocenters. The second kappa shape index (κ2) is 9.45. The maximum Gasteiger partial charge on any atom is 0.311 e. The van der Waals surface area contributed by atoms with Crippen molar-refractivity contribution in [2.24, 2.45) is 5.41 Å². The molecule has 0 radical (unpaired) electrons. The molecule has 156 valence electrons. The number of hydrogen-bond acceptors (Lipinski definition) is 6. The number of esters is 1. The summed E-state index contributed by atoms with van der Waals surface area (Å²) in [6, 6.07) is 9.57. The number of aromatic hydroxyl groups is 2. The summed E-state index contributed by atoms with van der Waals surface area (Å²) in [5.41, 5.74) is 1.49. The maximum atomic E-state index is 12.4. The van der Waals surface area contributed by atoms with Gasteiger partial charge in [-0.3, -0.25) is 9.59 Å². The fourth-order valence-corrected chi connectivity index (χ4v) is 2.83. The predicted molar refractivity (Wildman–Crippen MR) is 109 cm³/mol. The Morgan fingerprint density at radius 1 is 1.00 bits per heavy atom. The molecule has 2 N–H and O–H groups in total. The molecular formula is C23H28O6. The van der Waals surface area contributed by atoms with E-state index >= 15 is 0 Å². The lowest BCUT2D eigenvalue weighted by atomic mass is 9.88. The molecular weight excluding hydrogens is 372 g/mol. The van der Waals surface area contributed by atoms with Crippen LogP contribution < -0.4 is 4.74 Å². The summed E-state index contributed by atoms with van der Waals surface area (Å²) in [7, 11) is 0. The van der Waals surface area contributed by atoms with Gasteiger partial charge in [0.1, 0.15) is 17.2 Å². The molecule has 6 nitrogen and oxygen atoms in total. The van der Waals surface area contributed by atoms with Crippen molar-refractivity contribution in [1.29, 1.82) is 0 Å². The Kier molecular flexibility index (Phi) is 7.26. The van der Waals surface area contributed by atoms with Crippen molar-refractivity contribution in [3.63, 3.8) is 0 Å². The van der Waals surface area contributed by atoms with Crippen LogP contribution in [-0.2, 0) is 9.53 Å². The van der Waals surface area contributed by atoms with E-state index in [1.54, 1.807) is 13.8 Å². The highest BCUT2D eigenvalue weighted by molar-refractivity contribution is 5.98. The summed E-state index contributed by atoms with van der Waals surface area (Å²) in [5.74, 6) is -0.612. The van der Waals surface area contributed by atoms with E-state index < -0.39 is 23.8 Å². The maximum absolute atomic E-state index is 12.4. The lowest BCUT2D eigenvalue weighted by Crippen LogP contribution is -2.29. The second-order valence-corrected chi connectivity index (χ2v) is 7.84. The molecule has 0 saturated heterocycles. The van der Waals surface area contributed by atoms with Gasteiger partial charge in [-0.2, -0.15) is 0 Å². The fraction of sp³-hybridized carbons (Fsp3) is 0.391. The van der Waals surface area contributed by atoms with E-state index in [1.165, 1.54) is 12.1 Å². The van der Waals surface area contributed by atoms with E-state index in [0.29, 0.717) is 19.4 Å². The highest BCUT2D eigenvalue weighted by Crippen LogP contribution is 2.26. The van der Waals surface area contributed by atoms with Crippen molar-refractivity contribution in [1.82, 2.24) is 0 Å². The van der Waals surface area contributed by atoms with Crippen LogP contribution >= 0.6 is 0 Å². The van der Waals surface area contributed by atoms with E-state index in [-0.39, 0.29) is 17.1 Å². The minimum Gasteiger partial charge on any atom is -0.508 e. The van der Waals surface area contributed by atoms with Gasteiger partial charge in [0.25, 0.3) is 0 Å². The van der Waals surface area contributed by atoms with Crippen LogP contribution in [0.25, 0.3) is 0 Å². The Bertz CT molecular complexity index is 865. The molecule has 0 heterocycles. The second-order valence-electron chi connectivity index (χ2n) is 7.84. The topological polar surface area (TPSA) is 93.1 Å². The first kappa shape index (κ1) is 22.3. The largest absolute Gasteiger partial charge is 0.508 e. The van der Waals surface area contributed by atoms with Crippen molar-refractivity contribution in [3.05, 3.63) is 53.1 Å². The number of phenols is 2. The number of rotatable bonds is 9. The van der Waals surface area contributed by atoms with Crippen molar-refractivity contribution in [2.45, 2.75) is 40.5 Å². The van der Waals surface area contributed by atoms with Crippen LogP contribution in [0.15, 0.2) is 36.4 Å². The Labute approximate surface area is 171 Å². The van der Waals surface area contributed by atoms with Crippen molar-refractivity contribution in [3.8, 4) is 17.2 Å². The normalized spacial score (nSPS) is 11.2. The fourth-order valence-electron chi connectivity index (χ4n) is 2.83. The summed E-state index contributed by atoms with van der Waals surface area (Å²) in [4.78, 5) is 24.5. The van der Waals surface area contributed by atoms with E-state index in [0.717, 1.165) is 22.9 Å². The molecule has 0 spiro atoms. The smallest absolute Gasteiger partial charge is 0.311 e. The standard InChI is InChI=1S/C23H28O6/c1-15-6-7-16(2)21(10-15)28-9-5-8-23(3,4)22(27)29-14-20(26)17-11-18(24)13-19(25)12-17/h6-7,10-13,24-25H,5,8-9,14H2,1-4H3. The van der Waals surface area contributed by atoms with Gasteiger partial charge in [-0.05, 0) is 69.9 Å². The number of aryl methyl sites for hydroxylation is 2. The zero-order chi connectivity index (χ0) is 21.6. The summed E-state index contributed by atoms with van der Waals surface area (Å²) in [6.07, 6.45) is 1.20. The van der Waals surface area contributed by atoms with Gasteiger partial charge < -0.3 is 19.7 Å². The number of Topliss-reactive ketones (excluding diaryl/α,β-unsaturated/α-hetero) is 1. The van der Waals surface area contributed by atoms with Crippen LogP contribution in [0.1, 0.15) is 48.2 Å². The van der Waals surface area contributed by atoms with Gasteiger partial charge in [0.15, 0.2) is 6.61 Å². The Morgan fingerprint density at radius 3 is 2.31 bits per heavy atom. The lowest BCUT2D eigenvalue weighted by molar-refractivity contribution is -0.153. The third-order valence-electron chi connectivity index (χ3n) is 4.66. The molecule has 2 rings (SSSR count). The average molecular weight is 400 g/mol. The molecule has 0 saturated carbocycles. The zero-order valence-electron chi connectivity index (χ0n) is 17.3. The van der Waals surface area contributed by atoms with Crippen LogP contribution in [-0.4, -0.2) is 35.2 Å². The van der Waals surface area contributed by atoms with Gasteiger partial charge in [-0.25, -0.2) is 0 Å². The van der Waals surface area contributed by atoms with Crippen LogP contribution in [0.3, 0.4) is 0 Å². The number of phenolic OH excluding ortho intramolecular Hbond substituents is 2. The number of benzene rings is 2. The molecule has 0 amide bonds. The Hall–Kier alpha value is -3.02. The van der Waals surface area contributed by atoms with Crippen LogP contribution in [0.5, 0.6) is 17.2 Å². The molecule has 6 heteroatoms. The van der Waals surface area contributed by atoms with Crippen molar-refractivity contribution < 1.29 is 29.3 Å². The van der Waals surface area contributed by atoms with E-state index in [4.69, 9.17) is 9.47 Å². The van der Waals surface area contributed by atoms with Gasteiger partial charge in [0, 0.05) is 11.6 Å². The molecule has 0 fully saturated rings. The van der Waals surface area contributed by atoms with Gasteiger partial charge in [-0.1, -0.05) is 12.1 Å². The van der Waals surface area contributed by atoms with Gasteiger partial charge in [-0.15, -0.1) is 0 Å². The van der Waals surface area contributed by atoms with Gasteiger partial charge in [0.05, 0.1) is 12.0 Å². The van der Waals surface area contributed by atoms with Crippen molar-refractivity contribution in [2.75, 3.05) is 13.2 Å². The highest BCUT2D eigenvalue weighted by Gasteiger charge is 2.29. The molecule has 0 aliphatic heterocycles. The molecule has 2 aromatic carbocycles. The number of hydrogen-bond donors (Lipinski definition) is 2. The molecule has 2 aromatic rings. The average Bonchev–Trinajstić information content (AvgIpc) is 2.64. The first-order chi connectivity index (χ1) is 13.6. The third kappa shape index (κ3) is 6.52. The summed E-state index contributed by atoms with van der Waals surface area (Å²) >= 11 is 0. The first-order valence-corrected chi connectivity index (χ1v) is 9.52. The van der Waals surface area contributed by atoms with Crippen LogP contribution in [0.2, 0.25) is 0 Å². The Morgan fingerprint density at radius 2 is 1.66 bits per heavy atom. The lowest BCUT2D eigenvalue weighted by Gasteiger charge is -2.22. The number of carbonyl (C=O) groups is 2.